The van der Waals surface area contributed by atoms with E-state index < -0.39 is 35.9 Å². The van der Waals surface area contributed by atoms with Crippen LogP contribution in [0.25, 0.3) is 0 Å². The fraction of sp³-hybridized carbons (Fsp3) is 0.435. The molecule has 10 heteroatoms. The lowest BCUT2D eigenvalue weighted by atomic mass is 10.1. The summed E-state index contributed by atoms with van der Waals surface area (Å²) in [6.45, 7) is 5.47. The maximum Gasteiger partial charge on any atom is 0.408 e. The quantitative estimate of drug-likeness (QED) is 0.655. The molecule has 1 saturated carbocycles. The molecule has 176 valence electrons. The number of rotatable bonds is 5. The van der Waals surface area contributed by atoms with Crippen LogP contribution in [0.3, 0.4) is 0 Å². The van der Waals surface area contributed by atoms with E-state index >= 15 is 0 Å². The number of halogens is 2. The van der Waals surface area contributed by atoms with Crippen LogP contribution in [0.5, 0.6) is 0 Å². The summed E-state index contributed by atoms with van der Waals surface area (Å²) < 4.78 is 20.2. The molecule has 7 nitrogen and oxygen atoms in total. The Labute approximate surface area is 200 Å². The molecular weight excluding hydrogens is 469 g/mol. The van der Waals surface area contributed by atoms with E-state index in [1.807, 2.05) is 0 Å². The number of thioether (sulfide) groups is 1. The van der Waals surface area contributed by atoms with Crippen molar-refractivity contribution in [3.63, 3.8) is 0 Å². The number of nitrogens with zero attached hydrogens (tertiary/aromatic N) is 1. The zero-order valence-corrected chi connectivity index (χ0v) is 20.1. The first-order valence-electron chi connectivity index (χ1n) is 10.6. The van der Waals surface area contributed by atoms with Crippen molar-refractivity contribution in [2.75, 3.05) is 5.75 Å². The van der Waals surface area contributed by atoms with Gasteiger partial charge in [0.05, 0.1) is 29.8 Å². The second kappa shape index (κ2) is 9.02. The number of nitrogens with one attached hydrogen (secondary N) is 2. The highest BCUT2D eigenvalue weighted by atomic mass is 35.5. The molecule has 2 amide bonds. The number of pyridine rings is 1. The minimum Gasteiger partial charge on any atom is -0.444 e. The molecule has 0 bridgehead atoms. The molecule has 1 aromatic heterocycles. The highest BCUT2D eigenvalue weighted by Gasteiger charge is 2.40. The van der Waals surface area contributed by atoms with Gasteiger partial charge in [-0.2, -0.15) is 0 Å². The summed E-state index contributed by atoms with van der Waals surface area (Å²) in [5, 5.41) is 6.01. The van der Waals surface area contributed by atoms with E-state index in [0.29, 0.717) is 21.2 Å². The average Bonchev–Trinajstić information content (AvgIpc) is 3.24. The van der Waals surface area contributed by atoms with Crippen LogP contribution in [0.15, 0.2) is 40.2 Å². The van der Waals surface area contributed by atoms with Crippen LogP contribution in [-0.4, -0.2) is 40.1 Å². The maximum absolute atomic E-state index is 13.4. The van der Waals surface area contributed by atoms with Crippen LogP contribution in [0.4, 0.5) is 9.18 Å². The smallest absolute Gasteiger partial charge is 0.408 e. The first-order valence-corrected chi connectivity index (χ1v) is 12.0. The first kappa shape index (κ1) is 23.6. The molecule has 0 radical (unpaired) electrons. The van der Waals surface area contributed by atoms with Crippen molar-refractivity contribution in [1.29, 1.82) is 0 Å². The Hall–Kier alpha value is -2.52. The number of fused-ring (bicyclic) bond motifs is 1. The Bertz CT molecular complexity index is 1150. The van der Waals surface area contributed by atoms with Crippen LogP contribution in [0.2, 0.25) is 5.02 Å². The molecule has 2 aliphatic rings. The number of amides is 2. The highest BCUT2D eigenvalue weighted by Crippen LogP contribution is 2.39. The Balaban J connectivity index is 1.69. The number of carbonyl (C=O) groups is 2. The van der Waals surface area contributed by atoms with Crippen molar-refractivity contribution in [2.24, 2.45) is 0 Å². The molecular formula is C23H25ClFN3O4S. The minimum atomic E-state index is -1.05. The van der Waals surface area contributed by atoms with Gasteiger partial charge in [0.1, 0.15) is 11.8 Å². The van der Waals surface area contributed by atoms with Gasteiger partial charge in [0.2, 0.25) is 0 Å². The molecule has 0 spiro atoms. The van der Waals surface area contributed by atoms with E-state index in [1.165, 1.54) is 22.5 Å². The number of ether oxygens (including phenoxy) is 1. The number of hydrogen-bond acceptors (Lipinski definition) is 5. The zero-order valence-electron chi connectivity index (χ0n) is 18.5. The second-order valence-electron chi connectivity index (χ2n) is 9.19. The summed E-state index contributed by atoms with van der Waals surface area (Å²) in [5.74, 6) is -0.0591. The Morgan fingerprint density at radius 2 is 1.91 bits per heavy atom. The van der Waals surface area contributed by atoms with Crippen LogP contribution >= 0.6 is 23.4 Å². The van der Waals surface area contributed by atoms with Crippen molar-refractivity contribution < 1.29 is 18.7 Å². The molecule has 1 aliphatic heterocycles. The Kier molecular flexibility index (Phi) is 6.46. The number of benzene rings is 1. The summed E-state index contributed by atoms with van der Waals surface area (Å²) in [6.07, 6.45) is 0.103. The summed E-state index contributed by atoms with van der Waals surface area (Å²) in [5.41, 5.74) is 0.442. The molecule has 0 saturated heterocycles. The molecule has 0 unspecified atom stereocenters. The zero-order chi connectivity index (χ0) is 23.9. The van der Waals surface area contributed by atoms with Gasteiger partial charge in [0.25, 0.3) is 11.5 Å². The van der Waals surface area contributed by atoms with Gasteiger partial charge in [0.15, 0.2) is 0 Å². The van der Waals surface area contributed by atoms with Crippen molar-refractivity contribution in [1.82, 2.24) is 15.2 Å². The lowest BCUT2D eigenvalue weighted by Gasteiger charge is -2.22. The van der Waals surface area contributed by atoms with Gasteiger partial charge in [-0.15, -0.1) is 11.8 Å². The topological polar surface area (TPSA) is 89.4 Å². The highest BCUT2D eigenvalue weighted by molar-refractivity contribution is 7.99. The predicted molar refractivity (Wildman–Crippen MR) is 125 cm³/mol. The third-order valence-electron chi connectivity index (χ3n) is 5.24. The molecule has 1 aliphatic carbocycles. The van der Waals surface area contributed by atoms with Crippen molar-refractivity contribution in [3.05, 3.63) is 62.5 Å². The average molecular weight is 494 g/mol. The number of alkyl carbamates (subject to hydrolysis) is 1. The Morgan fingerprint density at radius 1 is 1.24 bits per heavy atom. The van der Waals surface area contributed by atoms with Crippen LogP contribution in [0, 0.1) is 0 Å². The molecule has 33 heavy (non-hydrogen) atoms. The fourth-order valence-corrected chi connectivity index (χ4v) is 4.97. The molecule has 2 aromatic rings. The summed E-state index contributed by atoms with van der Waals surface area (Å²) >= 11 is 7.28. The Morgan fingerprint density at radius 3 is 2.52 bits per heavy atom. The van der Waals surface area contributed by atoms with Gasteiger partial charge in [0, 0.05) is 28.3 Å². The van der Waals surface area contributed by atoms with Gasteiger partial charge < -0.3 is 19.9 Å². The fourth-order valence-electron chi connectivity index (χ4n) is 3.57. The molecule has 2 N–H and O–H groups in total. The number of hydrogen-bond donors (Lipinski definition) is 2. The normalized spacial score (nSPS) is 21.3. The minimum absolute atomic E-state index is 0.211. The maximum atomic E-state index is 13.4. The lowest BCUT2D eigenvalue weighted by molar-refractivity contribution is 0.0508. The van der Waals surface area contributed by atoms with Crippen molar-refractivity contribution in [3.8, 4) is 0 Å². The van der Waals surface area contributed by atoms with Gasteiger partial charge in [-0.3, -0.25) is 9.59 Å². The van der Waals surface area contributed by atoms with E-state index in [2.05, 4.69) is 10.6 Å². The van der Waals surface area contributed by atoms with E-state index in [1.54, 1.807) is 45.0 Å². The van der Waals surface area contributed by atoms with E-state index in [9.17, 15) is 18.8 Å². The van der Waals surface area contributed by atoms with Gasteiger partial charge in [-0.25, -0.2) is 9.18 Å². The number of carbonyl (C=O) groups excluding carboxylic acids is 2. The van der Waals surface area contributed by atoms with Crippen LogP contribution < -0.4 is 16.2 Å². The van der Waals surface area contributed by atoms with Gasteiger partial charge in [-0.05, 0) is 38.5 Å². The predicted octanol–water partition coefficient (Wildman–Crippen LogP) is 4.06. The second-order valence-corrected chi connectivity index (χ2v) is 10.7. The van der Waals surface area contributed by atoms with Crippen LogP contribution in [0.1, 0.15) is 54.7 Å². The SMILES string of the molecule is CC(C)(C)OC(=O)N[C@H]1CSc2c(C(=O)N[C@@H]3C[C@@H]3F)cn(Cc3ccc(Cl)cc3)c(=O)c21. The van der Waals surface area contributed by atoms with E-state index in [-0.39, 0.29) is 24.1 Å². The summed E-state index contributed by atoms with van der Waals surface area (Å²) in [7, 11) is 0. The third-order valence-corrected chi connectivity index (χ3v) is 6.72. The molecule has 2 heterocycles. The van der Waals surface area contributed by atoms with Gasteiger partial charge >= 0.3 is 6.09 Å². The standard InChI is InChI=1S/C23H25ClFN3O4S/c1-23(2,3)32-22(31)27-17-11-33-19-14(20(29)26-16-8-15(16)25)10-28(21(30)18(17)19)9-12-4-6-13(24)7-5-12/h4-7,10,15-17H,8-9,11H2,1-3H3,(H,26,29)(H,27,31)/t15-,16+,17-/m0/s1. The molecule has 1 fully saturated rings. The van der Waals surface area contributed by atoms with Gasteiger partial charge in [-0.1, -0.05) is 23.7 Å². The monoisotopic (exact) mass is 493 g/mol. The summed E-state index contributed by atoms with van der Waals surface area (Å²) in [4.78, 5) is 39.2. The van der Waals surface area contributed by atoms with Crippen molar-refractivity contribution in [2.45, 2.75) is 62.5 Å². The third kappa shape index (κ3) is 5.52. The number of aromatic nitrogens is 1. The first-order chi connectivity index (χ1) is 15.5. The largest absolute Gasteiger partial charge is 0.444 e. The molecule has 4 rings (SSSR count). The molecule has 3 atom stereocenters. The lowest BCUT2D eigenvalue weighted by Crippen LogP contribution is -2.38. The summed E-state index contributed by atoms with van der Waals surface area (Å²) in [6, 6.07) is 5.91. The van der Waals surface area contributed by atoms with E-state index in [4.69, 9.17) is 16.3 Å². The van der Waals surface area contributed by atoms with Crippen molar-refractivity contribution >= 4 is 35.4 Å². The van der Waals surface area contributed by atoms with E-state index in [0.717, 1.165) is 5.56 Å². The number of alkyl halides is 1. The molecule has 1 aromatic carbocycles. The van der Waals surface area contributed by atoms with Crippen LogP contribution in [-0.2, 0) is 11.3 Å².